The number of imidazole rings is 1. The average molecular weight is 315 g/mol. The van der Waals surface area contributed by atoms with Gasteiger partial charge in [-0.25, -0.2) is 9.97 Å². The van der Waals surface area contributed by atoms with Crippen molar-refractivity contribution >= 4 is 23.1 Å². The Kier molecular flexibility index (Phi) is 4.03. The van der Waals surface area contributed by atoms with Crippen LogP contribution in [0.5, 0.6) is 0 Å². The topological polar surface area (TPSA) is 42.2 Å². The summed E-state index contributed by atoms with van der Waals surface area (Å²) in [6.07, 6.45) is 3.70. The van der Waals surface area contributed by atoms with E-state index in [2.05, 4.69) is 48.2 Å². The fraction of sp³-hybridized carbons (Fsp3) is 0.294. The largest absolute Gasteiger partial charge is 0.360 e. The molecule has 0 bridgehead atoms. The van der Waals surface area contributed by atoms with Crippen LogP contribution in [0.4, 0.5) is 5.82 Å². The lowest BCUT2D eigenvalue weighted by molar-refractivity contribution is 0.805. The van der Waals surface area contributed by atoms with E-state index in [1.165, 1.54) is 5.56 Å². The number of benzene rings is 1. The zero-order valence-corrected chi connectivity index (χ0v) is 13.7. The molecule has 0 aliphatic carbocycles. The van der Waals surface area contributed by atoms with Gasteiger partial charge in [-0.3, -0.25) is 4.40 Å². The van der Waals surface area contributed by atoms with E-state index in [9.17, 15) is 0 Å². The Hall–Kier alpha value is -2.07. The van der Waals surface area contributed by atoms with Crippen LogP contribution in [-0.4, -0.2) is 14.4 Å². The predicted molar refractivity (Wildman–Crippen MR) is 90.6 cm³/mol. The Bertz CT molecular complexity index is 780. The van der Waals surface area contributed by atoms with Gasteiger partial charge in [0, 0.05) is 18.1 Å². The molecule has 4 nitrogen and oxygen atoms in total. The number of nitrogens with zero attached hydrogens (tertiary/aromatic N) is 3. The molecule has 1 N–H and O–H groups in total. The molecule has 0 spiro atoms. The molecule has 0 aliphatic rings. The van der Waals surface area contributed by atoms with Gasteiger partial charge in [0.2, 0.25) is 0 Å². The molecule has 1 aromatic carbocycles. The Morgan fingerprint density at radius 2 is 1.86 bits per heavy atom. The van der Waals surface area contributed by atoms with Crippen molar-refractivity contribution in [1.29, 1.82) is 0 Å². The Balaban J connectivity index is 2.00. The van der Waals surface area contributed by atoms with Gasteiger partial charge in [-0.2, -0.15) is 0 Å². The van der Waals surface area contributed by atoms with Crippen LogP contribution in [0, 0.1) is 0 Å². The summed E-state index contributed by atoms with van der Waals surface area (Å²) in [5.74, 6) is 1.07. The molecule has 3 aromatic rings. The number of hydrogen-bond donors (Lipinski definition) is 1. The van der Waals surface area contributed by atoms with Crippen molar-refractivity contribution in [2.45, 2.75) is 32.7 Å². The number of halogens is 1. The van der Waals surface area contributed by atoms with E-state index in [1.807, 2.05) is 35.0 Å². The summed E-state index contributed by atoms with van der Waals surface area (Å²) in [6.45, 7) is 6.37. The van der Waals surface area contributed by atoms with Crippen molar-refractivity contribution in [3.8, 4) is 0 Å². The second kappa shape index (κ2) is 5.97. The zero-order chi connectivity index (χ0) is 15.7. The van der Waals surface area contributed by atoms with E-state index >= 15 is 0 Å². The second-order valence-electron chi connectivity index (χ2n) is 5.72. The first-order valence-electron chi connectivity index (χ1n) is 7.41. The van der Waals surface area contributed by atoms with E-state index < -0.39 is 0 Å². The molecule has 1 atom stereocenters. The van der Waals surface area contributed by atoms with Gasteiger partial charge in [0.05, 0.1) is 6.04 Å². The normalized spacial score (nSPS) is 12.8. The molecule has 2 aromatic heterocycles. The number of rotatable bonds is 4. The first kappa shape index (κ1) is 14.9. The standard InChI is InChI=1S/C17H19ClN4/c1-11(2)14-9-19-17-16(21-15(18)10-22(14)17)20-12(3)13-7-5-4-6-8-13/h4-12H,1-3H3,(H,20,21)/t12-/m0/s1. The Morgan fingerprint density at radius 1 is 1.14 bits per heavy atom. The minimum Gasteiger partial charge on any atom is -0.360 e. The van der Waals surface area contributed by atoms with Gasteiger partial charge >= 0.3 is 0 Å². The van der Waals surface area contributed by atoms with Crippen LogP contribution >= 0.6 is 11.6 Å². The fourth-order valence-corrected chi connectivity index (χ4v) is 2.71. The molecule has 3 rings (SSSR count). The molecular weight excluding hydrogens is 296 g/mol. The van der Waals surface area contributed by atoms with Crippen LogP contribution in [0.3, 0.4) is 0 Å². The molecule has 0 saturated heterocycles. The number of fused-ring (bicyclic) bond motifs is 1. The highest BCUT2D eigenvalue weighted by Crippen LogP contribution is 2.25. The fourth-order valence-electron chi connectivity index (χ4n) is 2.53. The molecule has 0 radical (unpaired) electrons. The quantitative estimate of drug-likeness (QED) is 0.760. The van der Waals surface area contributed by atoms with Gasteiger partial charge in [0.1, 0.15) is 5.15 Å². The SMILES string of the molecule is CC(C)c1cnc2c(N[C@@H](C)c3ccccc3)nc(Cl)cn12. The first-order valence-corrected chi connectivity index (χ1v) is 7.79. The molecule has 22 heavy (non-hydrogen) atoms. The van der Waals surface area contributed by atoms with Crippen LogP contribution in [-0.2, 0) is 0 Å². The number of nitrogens with one attached hydrogen (secondary N) is 1. The highest BCUT2D eigenvalue weighted by atomic mass is 35.5. The number of anilines is 1. The maximum atomic E-state index is 6.19. The zero-order valence-electron chi connectivity index (χ0n) is 12.9. The molecule has 2 heterocycles. The van der Waals surface area contributed by atoms with Crippen molar-refractivity contribution in [2.75, 3.05) is 5.32 Å². The molecule has 114 valence electrons. The maximum absolute atomic E-state index is 6.19. The average Bonchev–Trinajstić information content (AvgIpc) is 2.92. The summed E-state index contributed by atoms with van der Waals surface area (Å²) >= 11 is 6.19. The van der Waals surface area contributed by atoms with E-state index in [4.69, 9.17) is 11.6 Å². The van der Waals surface area contributed by atoms with Crippen LogP contribution < -0.4 is 5.32 Å². The van der Waals surface area contributed by atoms with E-state index in [1.54, 1.807) is 0 Å². The van der Waals surface area contributed by atoms with Gasteiger partial charge in [0.15, 0.2) is 11.5 Å². The summed E-state index contributed by atoms with van der Waals surface area (Å²) in [4.78, 5) is 8.92. The monoisotopic (exact) mass is 314 g/mol. The summed E-state index contributed by atoms with van der Waals surface area (Å²) in [7, 11) is 0. The second-order valence-corrected chi connectivity index (χ2v) is 6.11. The lowest BCUT2D eigenvalue weighted by Gasteiger charge is -2.16. The third-order valence-electron chi connectivity index (χ3n) is 3.74. The smallest absolute Gasteiger partial charge is 0.180 e. The lowest BCUT2D eigenvalue weighted by Crippen LogP contribution is -2.10. The molecule has 0 saturated carbocycles. The highest BCUT2D eigenvalue weighted by molar-refractivity contribution is 6.29. The summed E-state index contributed by atoms with van der Waals surface area (Å²) in [6, 6.07) is 10.4. The van der Waals surface area contributed by atoms with Crippen LogP contribution in [0.15, 0.2) is 42.7 Å². The van der Waals surface area contributed by atoms with Crippen molar-refractivity contribution in [3.05, 3.63) is 59.1 Å². The summed E-state index contributed by atoms with van der Waals surface area (Å²) in [5, 5.41) is 3.87. The van der Waals surface area contributed by atoms with Gasteiger partial charge in [0.25, 0.3) is 0 Å². The first-order chi connectivity index (χ1) is 10.6. The van der Waals surface area contributed by atoms with Gasteiger partial charge in [-0.05, 0) is 18.4 Å². The van der Waals surface area contributed by atoms with Crippen molar-refractivity contribution in [1.82, 2.24) is 14.4 Å². The van der Waals surface area contributed by atoms with Gasteiger partial charge in [-0.15, -0.1) is 0 Å². The predicted octanol–water partition coefficient (Wildman–Crippen LogP) is 4.68. The minimum absolute atomic E-state index is 0.121. The van der Waals surface area contributed by atoms with Crippen LogP contribution in [0.25, 0.3) is 5.65 Å². The lowest BCUT2D eigenvalue weighted by atomic mass is 10.1. The van der Waals surface area contributed by atoms with E-state index in [-0.39, 0.29) is 6.04 Å². The third-order valence-corrected chi connectivity index (χ3v) is 3.92. The summed E-state index contributed by atoms with van der Waals surface area (Å²) in [5.41, 5.74) is 3.11. The molecule has 0 unspecified atom stereocenters. The molecule has 0 fully saturated rings. The van der Waals surface area contributed by atoms with Gasteiger partial charge < -0.3 is 5.32 Å². The van der Waals surface area contributed by atoms with Crippen molar-refractivity contribution < 1.29 is 0 Å². The minimum atomic E-state index is 0.121. The maximum Gasteiger partial charge on any atom is 0.180 e. The van der Waals surface area contributed by atoms with Crippen LogP contribution in [0.2, 0.25) is 5.15 Å². The molecule has 5 heteroatoms. The number of aromatic nitrogens is 3. The third kappa shape index (κ3) is 2.79. The van der Waals surface area contributed by atoms with Crippen molar-refractivity contribution in [3.63, 3.8) is 0 Å². The van der Waals surface area contributed by atoms with Crippen LogP contribution in [0.1, 0.15) is 44.0 Å². The van der Waals surface area contributed by atoms with E-state index in [0.29, 0.717) is 16.9 Å². The Labute approximate surface area is 135 Å². The molecular formula is C17H19ClN4. The summed E-state index contributed by atoms with van der Waals surface area (Å²) < 4.78 is 2.01. The number of hydrogen-bond acceptors (Lipinski definition) is 3. The Morgan fingerprint density at radius 3 is 2.55 bits per heavy atom. The molecule has 0 amide bonds. The molecule has 0 aliphatic heterocycles. The van der Waals surface area contributed by atoms with Crippen molar-refractivity contribution in [2.24, 2.45) is 0 Å². The highest BCUT2D eigenvalue weighted by Gasteiger charge is 2.15. The van der Waals surface area contributed by atoms with Gasteiger partial charge in [-0.1, -0.05) is 55.8 Å². The van der Waals surface area contributed by atoms with E-state index in [0.717, 1.165) is 11.3 Å².